The summed E-state index contributed by atoms with van der Waals surface area (Å²) in [5.41, 5.74) is 6.31. The number of cyclic esters (lactones) is 2. The molecule has 1 aliphatic heterocycles. The first-order valence-electron chi connectivity index (χ1n) is 9.49. The summed E-state index contributed by atoms with van der Waals surface area (Å²) in [5.74, 6) is -3.44. The molecule has 0 aromatic heterocycles. The summed E-state index contributed by atoms with van der Waals surface area (Å²) in [5, 5.41) is 0. The molecule has 7 heteroatoms. The third kappa shape index (κ3) is 5.58. The molecule has 0 atom stereocenters. The molecule has 1 saturated heterocycles. The van der Waals surface area contributed by atoms with E-state index >= 15 is 0 Å². The number of carbonyl (C=O) groups excluding carboxylic acids is 3. The lowest BCUT2D eigenvalue weighted by atomic mass is 10.0. The van der Waals surface area contributed by atoms with Crippen molar-refractivity contribution in [1.82, 2.24) is 0 Å². The van der Waals surface area contributed by atoms with Crippen LogP contribution in [0.25, 0.3) is 5.70 Å². The maximum atomic E-state index is 12.1. The molecule has 0 unspecified atom stereocenters. The second-order valence-electron chi connectivity index (χ2n) is 7.10. The first kappa shape index (κ1) is 21.5. The van der Waals surface area contributed by atoms with E-state index in [0.29, 0.717) is 17.7 Å². The summed E-state index contributed by atoms with van der Waals surface area (Å²) in [6.07, 6.45) is 5.36. The predicted molar refractivity (Wildman–Crippen MR) is 103 cm³/mol. The monoisotopic (exact) mass is 389 g/mol. The smallest absolute Gasteiger partial charge is 0.351 e. The minimum atomic E-state index is -1.33. The van der Waals surface area contributed by atoms with E-state index in [2.05, 4.69) is 6.92 Å². The van der Waals surface area contributed by atoms with Gasteiger partial charge in [0.05, 0.1) is 17.9 Å². The van der Waals surface area contributed by atoms with Gasteiger partial charge in [0.1, 0.15) is 0 Å². The molecule has 1 aliphatic rings. The predicted octanol–water partition coefficient (Wildman–Crippen LogP) is 3.32. The minimum absolute atomic E-state index is 0.0682. The number of benzene rings is 1. The normalized spacial score (nSPS) is 15.6. The maximum absolute atomic E-state index is 12.1. The highest BCUT2D eigenvalue weighted by molar-refractivity contribution is 6.20. The van der Waals surface area contributed by atoms with Crippen molar-refractivity contribution in [1.29, 1.82) is 0 Å². The van der Waals surface area contributed by atoms with Gasteiger partial charge >= 0.3 is 17.9 Å². The van der Waals surface area contributed by atoms with E-state index in [4.69, 9.17) is 19.9 Å². The second-order valence-corrected chi connectivity index (χ2v) is 7.10. The molecule has 2 rings (SSSR count). The van der Waals surface area contributed by atoms with Gasteiger partial charge in [-0.2, -0.15) is 0 Å². The van der Waals surface area contributed by atoms with Crippen molar-refractivity contribution in [2.75, 3.05) is 6.61 Å². The molecule has 1 heterocycles. The van der Waals surface area contributed by atoms with Gasteiger partial charge in [-0.05, 0) is 24.1 Å². The van der Waals surface area contributed by atoms with Crippen molar-refractivity contribution in [3.63, 3.8) is 0 Å². The zero-order valence-electron chi connectivity index (χ0n) is 16.6. The molecule has 1 aromatic carbocycles. The molecular weight excluding hydrogens is 362 g/mol. The van der Waals surface area contributed by atoms with E-state index in [0.717, 1.165) is 19.3 Å². The average Bonchev–Trinajstić information content (AvgIpc) is 2.62. The van der Waals surface area contributed by atoms with E-state index in [-0.39, 0.29) is 11.3 Å². The van der Waals surface area contributed by atoms with Crippen LogP contribution in [0.15, 0.2) is 29.8 Å². The third-order valence-electron chi connectivity index (χ3n) is 4.27. The van der Waals surface area contributed by atoms with Gasteiger partial charge in [-0.15, -0.1) is 0 Å². The van der Waals surface area contributed by atoms with Crippen LogP contribution in [0.2, 0.25) is 0 Å². The highest BCUT2D eigenvalue weighted by Crippen LogP contribution is 2.26. The van der Waals surface area contributed by atoms with Crippen molar-refractivity contribution in [3.05, 3.63) is 41.0 Å². The van der Waals surface area contributed by atoms with Crippen LogP contribution in [0.4, 0.5) is 0 Å². The van der Waals surface area contributed by atoms with Gasteiger partial charge in [-0.25, -0.2) is 14.4 Å². The Balaban J connectivity index is 2.01. The molecule has 1 fully saturated rings. The summed E-state index contributed by atoms with van der Waals surface area (Å²) >= 11 is 0. The number of hydrogen-bond acceptors (Lipinski definition) is 7. The van der Waals surface area contributed by atoms with Crippen molar-refractivity contribution in [2.45, 2.75) is 58.7 Å². The van der Waals surface area contributed by atoms with Crippen molar-refractivity contribution in [2.24, 2.45) is 5.73 Å². The largest absolute Gasteiger partial charge is 0.462 e. The van der Waals surface area contributed by atoms with Gasteiger partial charge in [-0.1, -0.05) is 44.7 Å². The fraction of sp³-hybridized carbons (Fsp3) is 0.476. The average molecular weight is 389 g/mol. The Morgan fingerprint density at radius 2 is 1.50 bits per heavy atom. The van der Waals surface area contributed by atoms with E-state index in [1.807, 2.05) is 0 Å². The van der Waals surface area contributed by atoms with Gasteiger partial charge < -0.3 is 19.9 Å². The minimum Gasteiger partial charge on any atom is -0.462 e. The second kappa shape index (κ2) is 9.39. The SMILES string of the molecule is CCCCCCCOC(=O)c1ccc(C(N)=C2C(=O)OC(C)(C)OC2=O)cc1. The van der Waals surface area contributed by atoms with Crippen LogP contribution >= 0.6 is 0 Å². The van der Waals surface area contributed by atoms with Crippen molar-refractivity contribution >= 4 is 23.6 Å². The first-order valence-corrected chi connectivity index (χ1v) is 9.49. The molecule has 1 aromatic rings. The zero-order valence-corrected chi connectivity index (χ0v) is 16.6. The van der Waals surface area contributed by atoms with Gasteiger partial charge in [0.2, 0.25) is 0 Å². The van der Waals surface area contributed by atoms with Crippen molar-refractivity contribution < 1.29 is 28.6 Å². The van der Waals surface area contributed by atoms with Crippen LogP contribution in [0.5, 0.6) is 0 Å². The number of nitrogens with two attached hydrogens (primary N) is 1. The number of carbonyl (C=O) groups is 3. The van der Waals surface area contributed by atoms with E-state index in [1.165, 1.54) is 38.8 Å². The quantitative estimate of drug-likeness (QED) is 0.315. The topological polar surface area (TPSA) is 105 Å². The standard InChI is InChI=1S/C21H27NO6/c1-4-5-6-7-8-13-26-18(23)15-11-9-14(10-12-15)17(22)16-19(24)27-21(2,3)28-20(16)25/h9-12H,4-8,13,22H2,1-3H3. The van der Waals surface area contributed by atoms with E-state index in [9.17, 15) is 14.4 Å². The lowest BCUT2D eigenvalue weighted by Crippen LogP contribution is -2.42. The van der Waals surface area contributed by atoms with Crippen LogP contribution in [0, 0.1) is 0 Å². The molecule has 0 aliphatic carbocycles. The van der Waals surface area contributed by atoms with Crippen LogP contribution < -0.4 is 5.73 Å². The van der Waals surface area contributed by atoms with Gasteiger partial charge in [0, 0.05) is 13.8 Å². The Labute approximate surface area is 164 Å². The zero-order chi connectivity index (χ0) is 20.7. The molecule has 0 spiro atoms. The molecule has 0 amide bonds. The fourth-order valence-corrected chi connectivity index (χ4v) is 2.76. The molecule has 0 bridgehead atoms. The number of rotatable bonds is 8. The summed E-state index contributed by atoms with van der Waals surface area (Å²) in [7, 11) is 0. The number of unbranched alkanes of at least 4 members (excludes halogenated alkanes) is 4. The lowest BCUT2D eigenvalue weighted by molar-refractivity contribution is -0.222. The number of hydrogen-bond donors (Lipinski definition) is 1. The Morgan fingerprint density at radius 3 is 2.07 bits per heavy atom. The Morgan fingerprint density at radius 1 is 0.964 bits per heavy atom. The summed E-state index contributed by atoms with van der Waals surface area (Å²) in [6, 6.07) is 6.15. The maximum Gasteiger partial charge on any atom is 0.351 e. The Kier molecular flexibility index (Phi) is 7.20. The Bertz CT molecular complexity index is 742. The van der Waals surface area contributed by atoms with E-state index < -0.39 is 23.7 Å². The summed E-state index contributed by atoms with van der Waals surface area (Å²) in [6.45, 7) is 5.44. The summed E-state index contributed by atoms with van der Waals surface area (Å²) in [4.78, 5) is 36.3. The molecule has 0 saturated carbocycles. The fourth-order valence-electron chi connectivity index (χ4n) is 2.76. The molecule has 2 N–H and O–H groups in total. The molecular formula is C21H27NO6. The van der Waals surface area contributed by atoms with Crippen LogP contribution in [0.3, 0.4) is 0 Å². The van der Waals surface area contributed by atoms with Crippen LogP contribution in [0.1, 0.15) is 68.8 Å². The van der Waals surface area contributed by atoms with Gasteiger partial charge in [-0.3, -0.25) is 0 Å². The molecule has 152 valence electrons. The van der Waals surface area contributed by atoms with Crippen LogP contribution in [-0.2, 0) is 23.8 Å². The van der Waals surface area contributed by atoms with E-state index in [1.54, 1.807) is 12.1 Å². The van der Waals surface area contributed by atoms with Gasteiger partial charge in [0.15, 0.2) is 5.57 Å². The molecule has 28 heavy (non-hydrogen) atoms. The third-order valence-corrected chi connectivity index (χ3v) is 4.27. The van der Waals surface area contributed by atoms with Gasteiger partial charge in [0.25, 0.3) is 5.79 Å². The number of ether oxygens (including phenoxy) is 3. The molecule has 7 nitrogen and oxygen atoms in total. The first-order chi connectivity index (χ1) is 13.2. The highest BCUT2D eigenvalue weighted by atomic mass is 16.7. The van der Waals surface area contributed by atoms with Crippen LogP contribution in [-0.4, -0.2) is 30.3 Å². The lowest BCUT2D eigenvalue weighted by Gasteiger charge is -2.30. The number of esters is 3. The summed E-state index contributed by atoms with van der Waals surface area (Å²) < 4.78 is 15.3. The highest BCUT2D eigenvalue weighted by Gasteiger charge is 2.40. The Hall–Kier alpha value is -2.83. The van der Waals surface area contributed by atoms with Crippen molar-refractivity contribution in [3.8, 4) is 0 Å². The molecule has 0 radical (unpaired) electrons.